The fourth-order valence-corrected chi connectivity index (χ4v) is 6.99. The zero-order valence-corrected chi connectivity index (χ0v) is 42.4. The van der Waals surface area contributed by atoms with Crippen LogP contribution in [0.4, 0.5) is 0 Å². The molecule has 0 spiro atoms. The second-order valence-electron chi connectivity index (χ2n) is 18.7. The number of aryl methyl sites for hydroxylation is 2. The van der Waals surface area contributed by atoms with E-state index >= 15 is 0 Å². The molecule has 0 fully saturated rings. The van der Waals surface area contributed by atoms with Gasteiger partial charge in [0.1, 0.15) is 47.4 Å². The van der Waals surface area contributed by atoms with Gasteiger partial charge in [0.2, 0.25) is 0 Å². The standard InChI is InChI=1S/C54H73N3O12/c1-11-12-31-65-51(60)35-56(33-42-32-39(18-27-50(59)68-53(2,3)4)17-25-47(42)66-37-40-13-21-44(62-8)22-14-40)29-30-57(36-52(61)69-54(5,6)7)34-46-48(26-19-43(55-46)20-28-49(58)64-10)67-38-41-15-23-45(63-9)24-16-41/h13-17,19,21-26,32H,11-12,18,20,27-31,33-38H2,1-10H3. The second kappa shape index (κ2) is 27.7. The van der Waals surface area contributed by atoms with E-state index in [1.165, 1.54) is 7.11 Å². The lowest BCUT2D eigenvalue weighted by atomic mass is 10.0. The largest absolute Gasteiger partial charge is 0.497 e. The molecule has 69 heavy (non-hydrogen) atoms. The molecule has 0 bridgehead atoms. The van der Waals surface area contributed by atoms with Gasteiger partial charge < -0.3 is 37.9 Å². The third-order valence-electron chi connectivity index (χ3n) is 10.5. The van der Waals surface area contributed by atoms with Crippen LogP contribution < -0.4 is 18.9 Å². The van der Waals surface area contributed by atoms with Gasteiger partial charge in [-0.15, -0.1) is 0 Å². The maximum atomic E-state index is 13.6. The van der Waals surface area contributed by atoms with Crippen LogP contribution in [-0.4, -0.2) is 104 Å². The van der Waals surface area contributed by atoms with Crippen molar-refractivity contribution in [3.63, 3.8) is 0 Å². The van der Waals surface area contributed by atoms with Gasteiger partial charge in [-0.05, 0) is 114 Å². The lowest BCUT2D eigenvalue weighted by molar-refractivity contribution is -0.157. The molecule has 4 aromatic rings. The van der Waals surface area contributed by atoms with Crippen LogP contribution in [0.15, 0.2) is 78.9 Å². The van der Waals surface area contributed by atoms with E-state index in [0.717, 1.165) is 46.6 Å². The Morgan fingerprint density at radius 2 is 1.10 bits per heavy atom. The fourth-order valence-electron chi connectivity index (χ4n) is 6.99. The van der Waals surface area contributed by atoms with Crippen LogP contribution in [0, 0.1) is 0 Å². The van der Waals surface area contributed by atoms with Crippen molar-refractivity contribution in [1.29, 1.82) is 0 Å². The number of carbonyl (C=O) groups excluding carboxylic acids is 4. The van der Waals surface area contributed by atoms with E-state index in [9.17, 15) is 19.2 Å². The predicted octanol–water partition coefficient (Wildman–Crippen LogP) is 8.63. The molecule has 3 aromatic carbocycles. The van der Waals surface area contributed by atoms with Crippen LogP contribution in [0.1, 0.15) is 108 Å². The van der Waals surface area contributed by atoms with Gasteiger partial charge in [0.05, 0.1) is 53.1 Å². The number of carbonyl (C=O) groups is 4. The van der Waals surface area contributed by atoms with Gasteiger partial charge in [0, 0.05) is 50.3 Å². The van der Waals surface area contributed by atoms with Gasteiger partial charge in [0.15, 0.2) is 0 Å². The smallest absolute Gasteiger partial charge is 0.320 e. The number of ether oxygens (including phenoxy) is 8. The summed E-state index contributed by atoms with van der Waals surface area (Å²) < 4.78 is 45.5. The summed E-state index contributed by atoms with van der Waals surface area (Å²) in [5, 5.41) is 0. The number of methoxy groups -OCH3 is 3. The Labute approximate surface area is 408 Å². The molecule has 0 atom stereocenters. The summed E-state index contributed by atoms with van der Waals surface area (Å²) in [6.07, 6.45) is 2.67. The average molecular weight is 956 g/mol. The van der Waals surface area contributed by atoms with Gasteiger partial charge in [-0.2, -0.15) is 0 Å². The fraction of sp³-hybridized carbons (Fsp3) is 0.500. The molecule has 0 aliphatic rings. The molecule has 15 nitrogen and oxygen atoms in total. The summed E-state index contributed by atoms with van der Waals surface area (Å²) in [5.41, 5.74) is 3.36. The zero-order chi connectivity index (χ0) is 50.4. The number of benzene rings is 3. The molecule has 376 valence electrons. The van der Waals surface area contributed by atoms with Crippen molar-refractivity contribution in [2.24, 2.45) is 0 Å². The second-order valence-corrected chi connectivity index (χ2v) is 18.7. The van der Waals surface area contributed by atoms with Crippen LogP contribution in [0.3, 0.4) is 0 Å². The van der Waals surface area contributed by atoms with E-state index in [0.29, 0.717) is 48.9 Å². The predicted molar refractivity (Wildman–Crippen MR) is 262 cm³/mol. The number of unbranched alkanes of at least 4 members (excludes halogenated alkanes) is 1. The Hall–Kier alpha value is -6.19. The van der Waals surface area contributed by atoms with Crippen molar-refractivity contribution in [3.05, 3.63) is 113 Å². The highest BCUT2D eigenvalue weighted by Gasteiger charge is 2.24. The highest BCUT2D eigenvalue weighted by atomic mass is 16.6. The van der Waals surface area contributed by atoms with Crippen LogP contribution in [0.5, 0.6) is 23.0 Å². The Bertz CT molecular complexity index is 2230. The number of rotatable bonds is 28. The molecule has 0 unspecified atom stereocenters. The first-order chi connectivity index (χ1) is 32.8. The Balaban J connectivity index is 1.70. The SMILES string of the molecule is CCCCOC(=O)CN(CCN(CC(=O)OC(C)(C)C)Cc1nc(CCC(=O)OC)ccc1OCc1ccc(OC)cc1)Cc1cc(CCC(=O)OC(C)(C)C)ccc1OCc1ccc(OC)cc1. The third-order valence-corrected chi connectivity index (χ3v) is 10.5. The van der Waals surface area contributed by atoms with Crippen molar-refractivity contribution in [2.75, 3.05) is 54.1 Å². The maximum absolute atomic E-state index is 13.6. The molecular weight excluding hydrogens is 883 g/mol. The van der Waals surface area contributed by atoms with Gasteiger partial charge in [-0.1, -0.05) is 49.7 Å². The molecule has 0 aliphatic carbocycles. The minimum absolute atomic E-state index is 0.0540. The first-order valence-electron chi connectivity index (χ1n) is 23.6. The Kier molecular flexibility index (Phi) is 22.3. The summed E-state index contributed by atoms with van der Waals surface area (Å²) in [7, 11) is 4.57. The summed E-state index contributed by atoms with van der Waals surface area (Å²) in [5.74, 6) is 1.06. The lowest BCUT2D eigenvalue weighted by Gasteiger charge is -2.29. The molecule has 0 aliphatic heterocycles. The molecule has 0 radical (unpaired) electrons. The molecule has 1 heterocycles. The summed E-state index contributed by atoms with van der Waals surface area (Å²) in [6, 6.07) is 24.6. The van der Waals surface area contributed by atoms with Crippen LogP contribution in [-0.2, 0) is 77.3 Å². The molecular formula is C54H73N3O12. The van der Waals surface area contributed by atoms with E-state index in [4.69, 9.17) is 42.9 Å². The van der Waals surface area contributed by atoms with Crippen molar-refractivity contribution >= 4 is 23.9 Å². The van der Waals surface area contributed by atoms with E-state index < -0.39 is 23.1 Å². The van der Waals surface area contributed by atoms with Crippen molar-refractivity contribution in [1.82, 2.24) is 14.8 Å². The summed E-state index contributed by atoms with van der Waals surface area (Å²) >= 11 is 0. The molecule has 0 amide bonds. The van der Waals surface area contributed by atoms with Crippen LogP contribution in [0.25, 0.3) is 0 Å². The first-order valence-corrected chi connectivity index (χ1v) is 23.6. The normalized spacial score (nSPS) is 11.5. The van der Waals surface area contributed by atoms with Gasteiger partial charge >= 0.3 is 23.9 Å². The summed E-state index contributed by atoms with van der Waals surface area (Å²) in [6.45, 7) is 14.6. The van der Waals surface area contributed by atoms with E-state index in [2.05, 4.69) is 0 Å². The Morgan fingerprint density at radius 1 is 0.580 bits per heavy atom. The number of nitrogens with zero attached hydrogens (tertiary/aromatic N) is 3. The zero-order valence-electron chi connectivity index (χ0n) is 42.4. The number of pyridine rings is 1. The van der Waals surface area contributed by atoms with E-state index in [1.54, 1.807) is 14.2 Å². The molecule has 0 saturated carbocycles. The highest BCUT2D eigenvalue weighted by Crippen LogP contribution is 2.27. The molecule has 1 aromatic heterocycles. The first kappa shape index (κ1) is 55.4. The molecule has 0 N–H and O–H groups in total. The van der Waals surface area contributed by atoms with Crippen LogP contribution >= 0.6 is 0 Å². The number of hydrogen-bond acceptors (Lipinski definition) is 15. The molecule has 0 saturated heterocycles. The molecule has 15 heteroatoms. The topological polar surface area (TPSA) is 161 Å². The van der Waals surface area contributed by atoms with Crippen molar-refractivity contribution in [3.8, 4) is 23.0 Å². The third kappa shape index (κ3) is 21.3. The minimum Gasteiger partial charge on any atom is -0.497 e. The van der Waals surface area contributed by atoms with Crippen molar-refractivity contribution < 1.29 is 57.1 Å². The number of aromatic nitrogens is 1. The quantitative estimate of drug-likeness (QED) is 0.0302. The monoisotopic (exact) mass is 956 g/mol. The van der Waals surface area contributed by atoms with E-state index in [-0.39, 0.29) is 70.7 Å². The van der Waals surface area contributed by atoms with Gasteiger partial charge in [-0.25, -0.2) is 0 Å². The number of hydrogen-bond donors (Lipinski definition) is 0. The molecule has 4 rings (SSSR count). The lowest BCUT2D eigenvalue weighted by Crippen LogP contribution is -2.41. The average Bonchev–Trinajstić information content (AvgIpc) is 3.30. The van der Waals surface area contributed by atoms with Crippen LogP contribution in [0.2, 0.25) is 0 Å². The van der Waals surface area contributed by atoms with Crippen molar-refractivity contribution in [2.45, 2.75) is 124 Å². The van der Waals surface area contributed by atoms with Gasteiger partial charge in [0.25, 0.3) is 0 Å². The Morgan fingerprint density at radius 3 is 1.67 bits per heavy atom. The minimum atomic E-state index is -0.744. The van der Waals surface area contributed by atoms with Gasteiger partial charge in [-0.3, -0.25) is 34.0 Å². The van der Waals surface area contributed by atoms with E-state index in [1.807, 2.05) is 137 Å². The summed E-state index contributed by atoms with van der Waals surface area (Å²) in [4.78, 5) is 60.9. The maximum Gasteiger partial charge on any atom is 0.320 e. The number of esters is 4. The highest BCUT2D eigenvalue weighted by molar-refractivity contribution is 5.72.